The van der Waals surface area contributed by atoms with Crippen LogP contribution in [-0.4, -0.2) is 24.9 Å². The number of nitrogens with one attached hydrogen (secondary N) is 2. The molecule has 2 aromatic carbocycles. The number of aliphatic hydroxyl groups is 1. The van der Waals surface area contributed by atoms with Crippen molar-refractivity contribution in [2.75, 3.05) is 19.0 Å². The number of carbonyl (C=O) groups excluding carboxylic acids is 1. The zero-order valence-electron chi connectivity index (χ0n) is 12.0. The van der Waals surface area contributed by atoms with E-state index in [1.54, 1.807) is 18.2 Å². The van der Waals surface area contributed by atoms with Crippen molar-refractivity contribution < 1.29 is 14.6 Å². The number of halogens is 1. The van der Waals surface area contributed by atoms with Gasteiger partial charge in [-0.05, 0) is 23.8 Å². The van der Waals surface area contributed by atoms with Gasteiger partial charge in [-0.3, -0.25) is 0 Å². The molecule has 0 heterocycles. The summed E-state index contributed by atoms with van der Waals surface area (Å²) in [6, 6.07) is 13.3. The molecule has 0 spiro atoms. The molecule has 1 unspecified atom stereocenters. The van der Waals surface area contributed by atoms with E-state index < -0.39 is 12.1 Å². The van der Waals surface area contributed by atoms with Crippen molar-refractivity contribution in [3.8, 4) is 5.75 Å². The molecule has 1 atom stereocenters. The molecule has 0 saturated carbocycles. The van der Waals surface area contributed by atoms with Gasteiger partial charge < -0.3 is 20.5 Å². The topological polar surface area (TPSA) is 70.6 Å². The van der Waals surface area contributed by atoms with E-state index in [2.05, 4.69) is 10.6 Å². The number of ether oxygens (including phenoxy) is 1. The van der Waals surface area contributed by atoms with Crippen LogP contribution < -0.4 is 15.4 Å². The van der Waals surface area contributed by atoms with Crippen molar-refractivity contribution in [1.82, 2.24) is 5.32 Å². The van der Waals surface area contributed by atoms with Crippen LogP contribution in [0.3, 0.4) is 0 Å². The monoisotopic (exact) mass is 320 g/mol. The van der Waals surface area contributed by atoms with E-state index >= 15 is 0 Å². The third-order valence-electron chi connectivity index (χ3n) is 3.10. The lowest BCUT2D eigenvalue weighted by Crippen LogP contribution is -2.34. The third kappa shape index (κ3) is 4.13. The quantitative estimate of drug-likeness (QED) is 0.792. The third-order valence-corrected chi connectivity index (χ3v) is 3.39. The van der Waals surface area contributed by atoms with Crippen molar-refractivity contribution in [2.24, 2.45) is 0 Å². The first-order valence-electron chi connectivity index (χ1n) is 6.71. The van der Waals surface area contributed by atoms with Gasteiger partial charge >= 0.3 is 6.03 Å². The first-order valence-corrected chi connectivity index (χ1v) is 7.08. The zero-order chi connectivity index (χ0) is 15.9. The molecule has 0 aliphatic carbocycles. The van der Waals surface area contributed by atoms with Gasteiger partial charge in [-0.2, -0.15) is 0 Å². The van der Waals surface area contributed by atoms with E-state index in [-0.39, 0.29) is 6.61 Å². The molecule has 22 heavy (non-hydrogen) atoms. The number of anilines is 1. The van der Waals surface area contributed by atoms with Gasteiger partial charge in [0.1, 0.15) is 5.75 Å². The average molecular weight is 321 g/mol. The highest BCUT2D eigenvalue weighted by Crippen LogP contribution is 2.27. The normalized spacial score (nSPS) is 11.6. The molecule has 2 rings (SSSR count). The lowest BCUT2D eigenvalue weighted by atomic mass is 10.1. The predicted molar refractivity (Wildman–Crippen MR) is 86.4 cm³/mol. The number of hydrogen-bond acceptors (Lipinski definition) is 3. The Morgan fingerprint density at radius 2 is 2.00 bits per heavy atom. The maximum absolute atomic E-state index is 12.0. The molecule has 3 N–H and O–H groups in total. The smallest absolute Gasteiger partial charge is 0.319 e. The highest BCUT2D eigenvalue weighted by atomic mass is 35.5. The number of rotatable bonds is 5. The van der Waals surface area contributed by atoms with Crippen molar-refractivity contribution in [2.45, 2.75) is 6.04 Å². The Hall–Kier alpha value is -2.24. The fraction of sp³-hybridized carbons (Fsp3) is 0.188. The van der Waals surface area contributed by atoms with Gasteiger partial charge in [-0.25, -0.2) is 4.79 Å². The lowest BCUT2D eigenvalue weighted by Gasteiger charge is -2.17. The summed E-state index contributed by atoms with van der Waals surface area (Å²) < 4.78 is 5.05. The van der Waals surface area contributed by atoms with Crippen LogP contribution in [0.1, 0.15) is 11.6 Å². The number of carbonyl (C=O) groups is 1. The van der Waals surface area contributed by atoms with E-state index in [1.165, 1.54) is 7.11 Å². The van der Waals surface area contributed by atoms with E-state index in [0.717, 1.165) is 5.56 Å². The SMILES string of the molecule is COc1ccc(NC(=O)NC(CO)c2ccccc2)cc1Cl. The van der Waals surface area contributed by atoms with Gasteiger partial charge in [-0.1, -0.05) is 41.9 Å². The van der Waals surface area contributed by atoms with Crippen LogP contribution in [-0.2, 0) is 0 Å². The zero-order valence-corrected chi connectivity index (χ0v) is 12.8. The van der Waals surface area contributed by atoms with E-state index in [9.17, 15) is 9.90 Å². The maximum atomic E-state index is 12.0. The Labute approximate surface area is 133 Å². The molecule has 0 bridgehead atoms. The van der Waals surface area contributed by atoms with Crippen LogP contribution >= 0.6 is 11.6 Å². The highest BCUT2D eigenvalue weighted by Gasteiger charge is 2.13. The number of benzene rings is 2. The highest BCUT2D eigenvalue weighted by molar-refractivity contribution is 6.32. The summed E-state index contributed by atoms with van der Waals surface area (Å²) in [7, 11) is 1.52. The molecule has 6 heteroatoms. The summed E-state index contributed by atoms with van der Waals surface area (Å²) in [5.74, 6) is 0.533. The molecule has 116 valence electrons. The summed E-state index contributed by atoms with van der Waals surface area (Å²) in [5.41, 5.74) is 1.36. The van der Waals surface area contributed by atoms with E-state index in [0.29, 0.717) is 16.5 Å². The molecule has 0 aromatic heterocycles. The Balaban J connectivity index is 2.01. The van der Waals surface area contributed by atoms with Crippen LogP contribution in [0.5, 0.6) is 5.75 Å². The maximum Gasteiger partial charge on any atom is 0.319 e. The van der Waals surface area contributed by atoms with Crippen molar-refractivity contribution in [1.29, 1.82) is 0 Å². The number of urea groups is 1. The molecule has 0 aliphatic heterocycles. The summed E-state index contributed by atoms with van der Waals surface area (Å²) in [6.07, 6.45) is 0. The van der Waals surface area contributed by atoms with Crippen LogP contribution in [0.25, 0.3) is 0 Å². The van der Waals surface area contributed by atoms with Gasteiger partial charge in [0.2, 0.25) is 0 Å². The fourth-order valence-corrected chi connectivity index (χ4v) is 2.25. The van der Waals surface area contributed by atoms with Gasteiger partial charge in [0.25, 0.3) is 0 Å². The number of amides is 2. The lowest BCUT2D eigenvalue weighted by molar-refractivity contribution is 0.225. The molecule has 0 fully saturated rings. The van der Waals surface area contributed by atoms with Crippen LogP contribution in [0.4, 0.5) is 10.5 Å². The van der Waals surface area contributed by atoms with Crippen LogP contribution in [0, 0.1) is 0 Å². The van der Waals surface area contributed by atoms with Crippen molar-refractivity contribution in [3.63, 3.8) is 0 Å². The van der Waals surface area contributed by atoms with Crippen molar-refractivity contribution in [3.05, 3.63) is 59.1 Å². The second-order valence-corrected chi connectivity index (χ2v) is 5.00. The van der Waals surface area contributed by atoms with Crippen LogP contribution in [0.2, 0.25) is 5.02 Å². The minimum Gasteiger partial charge on any atom is -0.495 e. The average Bonchev–Trinajstić information content (AvgIpc) is 2.53. The second kappa shape index (κ2) is 7.68. The molecule has 0 saturated heterocycles. The molecule has 5 nitrogen and oxygen atoms in total. The number of aliphatic hydroxyl groups excluding tert-OH is 1. The standard InChI is InChI=1S/C16H17ClN2O3/c1-22-15-8-7-12(9-13(15)17)18-16(21)19-14(10-20)11-5-3-2-4-6-11/h2-9,14,20H,10H2,1H3,(H2,18,19,21). The van der Waals surface area contributed by atoms with Gasteiger partial charge in [-0.15, -0.1) is 0 Å². The minimum atomic E-state index is -0.477. The van der Waals surface area contributed by atoms with Crippen LogP contribution in [0.15, 0.2) is 48.5 Å². The van der Waals surface area contributed by atoms with E-state index in [1.807, 2.05) is 30.3 Å². The molecular weight excluding hydrogens is 304 g/mol. The summed E-state index contributed by atoms with van der Waals surface area (Å²) >= 11 is 6.01. The largest absolute Gasteiger partial charge is 0.495 e. The second-order valence-electron chi connectivity index (χ2n) is 4.59. The summed E-state index contributed by atoms with van der Waals surface area (Å²) in [6.45, 7) is -0.194. The molecule has 2 aromatic rings. The van der Waals surface area contributed by atoms with Crippen molar-refractivity contribution >= 4 is 23.3 Å². The van der Waals surface area contributed by atoms with Gasteiger partial charge in [0.15, 0.2) is 0 Å². The first-order chi connectivity index (χ1) is 10.6. The fourth-order valence-electron chi connectivity index (χ4n) is 1.99. The number of methoxy groups -OCH3 is 1. The molecule has 0 aliphatic rings. The Morgan fingerprint density at radius 3 is 2.59 bits per heavy atom. The Bertz CT molecular complexity index is 635. The predicted octanol–water partition coefficient (Wildman–Crippen LogP) is 3.20. The minimum absolute atomic E-state index is 0.194. The van der Waals surface area contributed by atoms with E-state index in [4.69, 9.17) is 16.3 Å². The Kier molecular flexibility index (Phi) is 5.63. The molecule has 0 radical (unpaired) electrons. The Morgan fingerprint density at radius 1 is 1.27 bits per heavy atom. The molecular formula is C16H17ClN2O3. The first kappa shape index (κ1) is 16.1. The van der Waals surface area contributed by atoms with Gasteiger partial charge in [0, 0.05) is 5.69 Å². The van der Waals surface area contributed by atoms with Gasteiger partial charge in [0.05, 0.1) is 24.8 Å². The number of hydrogen-bond donors (Lipinski definition) is 3. The molecule has 2 amide bonds. The summed E-state index contributed by atoms with van der Waals surface area (Å²) in [5, 5.41) is 15.2. The summed E-state index contributed by atoms with van der Waals surface area (Å²) in [4.78, 5) is 12.0.